The Kier molecular flexibility index (Phi) is 3.83. The summed E-state index contributed by atoms with van der Waals surface area (Å²) in [4.78, 5) is 14.6. The number of nitrogens with one attached hydrogen (secondary N) is 1. The molecular formula is C11H13N3O6S. The van der Waals surface area contributed by atoms with Gasteiger partial charge in [-0.15, -0.1) is 0 Å². The van der Waals surface area contributed by atoms with Crippen molar-refractivity contribution >= 4 is 16.0 Å². The fourth-order valence-electron chi connectivity index (χ4n) is 1.87. The third kappa shape index (κ3) is 2.95. The van der Waals surface area contributed by atoms with Crippen LogP contribution < -0.4 is 4.72 Å². The van der Waals surface area contributed by atoms with E-state index in [-0.39, 0.29) is 29.5 Å². The van der Waals surface area contributed by atoms with Crippen LogP contribution in [0.3, 0.4) is 0 Å². The summed E-state index contributed by atoms with van der Waals surface area (Å²) < 4.78 is 36.6. The molecule has 0 aliphatic rings. The van der Waals surface area contributed by atoms with Gasteiger partial charge in [0.1, 0.15) is 22.0 Å². The first-order valence-electron chi connectivity index (χ1n) is 5.84. The molecule has 2 aromatic rings. The molecule has 114 valence electrons. The van der Waals surface area contributed by atoms with Crippen molar-refractivity contribution in [3.8, 4) is 0 Å². The molecular weight excluding hydrogens is 302 g/mol. The Balaban J connectivity index is 2.34. The number of nitrogens with zero attached hydrogens (tertiary/aromatic N) is 2. The van der Waals surface area contributed by atoms with Crippen LogP contribution in [0.2, 0.25) is 0 Å². The average molecular weight is 315 g/mol. The predicted molar refractivity (Wildman–Crippen MR) is 68.2 cm³/mol. The lowest BCUT2D eigenvalue weighted by atomic mass is 10.2. The van der Waals surface area contributed by atoms with E-state index < -0.39 is 20.9 Å². The number of carboxylic acids is 1. The summed E-state index contributed by atoms with van der Waals surface area (Å²) in [6.07, 6.45) is 0. The molecule has 2 aromatic heterocycles. The Morgan fingerprint density at radius 1 is 1.29 bits per heavy atom. The molecule has 2 heterocycles. The van der Waals surface area contributed by atoms with Crippen LogP contribution in [-0.4, -0.2) is 29.6 Å². The quantitative estimate of drug-likeness (QED) is 0.825. The van der Waals surface area contributed by atoms with Gasteiger partial charge in [0.2, 0.25) is 15.9 Å². The van der Waals surface area contributed by atoms with Gasteiger partial charge in [-0.05, 0) is 20.8 Å². The standard InChI is InChI=1S/C11H13N3O6S/c1-5-9(11(15)16)10(6(2)19-5)21(17,18)12-4-8-13-7(3)14-20-8/h12H,4H2,1-3H3,(H,15,16). The van der Waals surface area contributed by atoms with Crippen LogP contribution in [0.15, 0.2) is 13.8 Å². The van der Waals surface area contributed by atoms with Crippen LogP contribution in [0.1, 0.15) is 33.6 Å². The third-order valence-corrected chi connectivity index (χ3v) is 4.22. The van der Waals surface area contributed by atoms with Gasteiger partial charge in [0, 0.05) is 0 Å². The number of carbonyl (C=O) groups is 1. The molecule has 0 atom stereocenters. The minimum atomic E-state index is -4.09. The normalized spacial score (nSPS) is 11.8. The van der Waals surface area contributed by atoms with Gasteiger partial charge in [0.25, 0.3) is 0 Å². The largest absolute Gasteiger partial charge is 0.478 e. The first-order valence-corrected chi connectivity index (χ1v) is 7.33. The van der Waals surface area contributed by atoms with Crippen molar-refractivity contribution in [2.45, 2.75) is 32.2 Å². The Labute approximate surface area is 120 Å². The van der Waals surface area contributed by atoms with Gasteiger partial charge in [0.05, 0.1) is 6.54 Å². The van der Waals surface area contributed by atoms with E-state index in [2.05, 4.69) is 14.9 Å². The van der Waals surface area contributed by atoms with Crippen molar-refractivity contribution in [1.82, 2.24) is 14.9 Å². The molecule has 0 unspecified atom stereocenters. The zero-order valence-corrected chi connectivity index (χ0v) is 12.3. The molecule has 2 rings (SSSR count). The van der Waals surface area contributed by atoms with Crippen LogP contribution in [0.4, 0.5) is 0 Å². The summed E-state index contributed by atoms with van der Waals surface area (Å²) >= 11 is 0. The second-order valence-electron chi connectivity index (χ2n) is 4.28. The van der Waals surface area contributed by atoms with Crippen molar-refractivity contribution in [2.24, 2.45) is 0 Å². The van der Waals surface area contributed by atoms with Gasteiger partial charge in [-0.2, -0.15) is 4.98 Å². The molecule has 0 bridgehead atoms. The molecule has 0 aliphatic carbocycles. The van der Waals surface area contributed by atoms with Crippen molar-refractivity contribution in [3.05, 3.63) is 28.8 Å². The van der Waals surface area contributed by atoms with Gasteiger partial charge >= 0.3 is 5.97 Å². The number of sulfonamides is 1. The number of aromatic carboxylic acids is 1. The van der Waals surface area contributed by atoms with E-state index in [0.29, 0.717) is 5.82 Å². The van der Waals surface area contributed by atoms with E-state index in [9.17, 15) is 13.2 Å². The number of hydrogen-bond acceptors (Lipinski definition) is 7. The maximum atomic E-state index is 12.2. The molecule has 0 fully saturated rings. The van der Waals surface area contributed by atoms with Crippen LogP contribution in [0, 0.1) is 20.8 Å². The zero-order chi connectivity index (χ0) is 15.8. The minimum Gasteiger partial charge on any atom is -0.478 e. The van der Waals surface area contributed by atoms with E-state index in [1.54, 1.807) is 6.92 Å². The van der Waals surface area contributed by atoms with E-state index in [1.807, 2.05) is 0 Å². The number of aryl methyl sites for hydroxylation is 3. The average Bonchev–Trinajstić information content (AvgIpc) is 2.90. The lowest BCUT2D eigenvalue weighted by Crippen LogP contribution is -2.25. The summed E-state index contributed by atoms with van der Waals surface area (Å²) in [6, 6.07) is 0. The highest BCUT2D eigenvalue weighted by Gasteiger charge is 2.30. The lowest BCUT2D eigenvalue weighted by molar-refractivity contribution is 0.0691. The summed E-state index contributed by atoms with van der Waals surface area (Å²) in [7, 11) is -4.09. The van der Waals surface area contributed by atoms with Gasteiger partial charge in [-0.25, -0.2) is 17.9 Å². The lowest BCUT2D eigenvalue weighted by Gasteiger charge is -2.04. The van der Waals surface area contributed by atoms with Crippen molar-refractivity contribution in [2.75, 3.05) is 0 Å². The second kappa shape index (κ2) is 5.30. The van der Waals surface area contributed by atoms with E-state index >= 15 is 0 Å². The van der Waals surface area contributed by atoms with E-state index in [0.717, 1.165) is 0 Å². The fraction of sp³-hybridized carbons (Fsp3) is 0.364. The smallest absolute Gasteiger partial charge is 0.340 e. The van der Waals surface area contributed by atoms with Crippen molar-refractivity contribution in [1.29, 1.82) is 0 Å². The summed E-state index contributed by atoms with van der Waals surface area (Å²) in [6.45, 7) is 4.11. The summed E-state index contributed by atoms with van der Waals surface area (Å²) in [5.74, 6) is -0.914. The molecule has 0 aliphatic heterocycles. The molecule has 0 saturated heterocycles. The molecule has 21 heavy (non-hydrogen) atoms. The van der Waals surface area contributed by atoms with Crippen LogP contribution in [0.5, 0.6) is 0 Å². The summed E-state index contributed by atoms with van der Waals surface area (Å²) in [5.41, 5.74) is -0.387. The molecule has 0 amide bonds. The molecule has 10 heteroatoms. The second-order valence-corrected chi connectivity index (χ2v) is 5.99. The SMILES string of the molecule is Cc1noc(CNS(=O)(=O)c2c(C)oc(C)c2C(=O)O)n1. The number of furan rings is 1. The Hall–Kier alpha value is -2.20. The molecule has 0 radical (unpaired) electrons. The Morgan fingerprint density at radius 3 is 2.48 bits per heavy atom. The van der Waals surface area contributed by atoms with E-state index in [4.69, 9.17) is 14.0 Å². The Bertz CT molecular complexity index is 789. The first kappa shape index (κ1) is 15.2. The fourth-order valence-corrected chi connectivity index (χ4v) is 3.25. The number of hydrogen-bond donors (Lipinski definition) is 2. The van der Waals surface area contributed by atoms with Gasteiger partial charge in [-0.3, -0.25) is 0 Å². The van der Waals surface area contributed by atoms with Crippen molar-refractivity contribution < 1.29 is 27.3 Å². The van der Waals surface area contributed by atoms with E-state index in [1.165, 1.54) is 13.8 Å². The molecule has 0 spiro atoms. The van der Waals surface area contributed by atoms with Crippen LogP contribution >= 0.6 is 0 Å². The zero-order valence-electron chi connectivity index (χ0n) is 11.5. The first-order chi connectivity index (χ1) is 9.72. The molecule has 2 N–H and O–H groups in total. The molecule has 9 nitrogen and oxygen atoms in total. The highest BCUT2D eigenvalue weighted by molar-refractivity contribution is 7.89. The summed E-state index contributed by atoms with van der Waals surface area (Å²) in [5, 5.41) is 12.6. The number of rotatable bonds is 5. The highest BCUT2D eigenvalue weighted by atomic mass is 32.2. The third-order valence-electron chi connectivity index (χ3n) is 2.67. The predicted octanol–water partition coefficient (Wildman–Crippen LogP) is 0.765. The molecule has 0 saturated carbocycles. The van der Waals surface area contributed by atoms with Crippen molar-refractivity contribution in [3.63, 3.8) is 0 Å². The van der Waals surface area contributed by atoms with Gasteiger partial charge in [0.15, 0.2) is 5.82 Å². The topological polar surface area (TPSA) is 136 Å². The van der Waals surface area contributed by atoms with Crippen LogP contribution in [-0.2, 0) is 16.6 Å². The molecule has 0 aromatic carbocycles. The monoisotopic (exact) mass is 315 g/mol. The number of aromatic nitrogens is 2. The maximum Gasteiger partial charge on any atom is 0.340 e. The van der Waals surface area contributed by atoms with Gasteiger partial charge in [-0.1, -0.05) is 5.16 Å². The van der Waals surface area contributed by atoms with Crippen LogP contribution in [0.25, 0.3) is 0 Å². The minimum absolute atomic E-state index is 0.000824. The van der Waals surface area contributed by atoms with Gasteiger partial charge < -0.3 is 14.0 Å². The highest BCUT2D eigenvalue weighted by Crippen LogP contribution is 2.26. The number of carboxylic acid groups (broad SMARTS) is 1. The maximum absolute atomic E-state index is 12.2. The Morgan fingerprint density at radius 2 is 1.95 bits per heavy atom.